The number of hydrogen-bond acceptors (Lipinski definition) is 5. The summed E-state index contributed by atoms with van der Waals surface area (Å²) in [4.78, 5) is 27.9. The monoisotopic (exact) mass is 466 g/mol. The van der Waals surface area contributed by atoms with Gasteiger partial charge in [-0.15, -0.1) is 0 Å². The smallest absolute Gasteiger partial charge is 0.282 e. The zero-order valence-corrected chi connectivity index (χ0v) is 18.9. The summed E-state index contributed by atoms with van der Waals surface area (Å²) in [6.07, 6.45) is 0. The molecule has 0 aromatic heterocycles. The van der Waals surface area contributed by atoms with Gasteiger partial charge in [-0.1, -0.05) is 41.4 Å². The number of carbonyl (C=O) groups is 2. The molecule has 0 spiro atoms. The summed E-state index contributed by atoms with van der Waals surface area (Å²) in [6.45, 7) is 1.92. The van der Waals surface area contributed by atoms with Crippen LogP contribution >= 0.6 is 11.6 Å². The van der Waals surface area contributed by atoms with Gasteiger partial charge in [0.15, 0.2) is 0 Å². The molecular weight excluding hydrogens is 447 g/mol. The maximum Gasteiger partial charge on any atom is 0.282 e. The maximum atomic E-state index is 13.7. The Labute approximate surface area is 195 Å². The lowest BCUT2D eigenvalue weighted by Gasteiger charge is -2.16. The van der Waals surface area contributed by atoms with Gasteiger partial charge < -0.3 is 14.8 Å². The summed E-state index contributed by atoms with van der Waals surface area (Å²) in [6, 6.07) is 16.0. The molecule has 0 fully saturated rings. The highest BCUT2D eigenvalue weighted by molar-refractivity contribution is 6.46. The number of nitrogens with one attached hydrogen (secondary N) is 1. The minimum atomic E-state index is -0.646. The van der Waals surface area contributed by atoms with Gasteiger partial charge in [-0.3, -0.25) is 9.59 Å². The Morgan fingerprint density at radius 3 is 2.27 bits per heavy atom. The highest BCUT2D eigenvalue weighted by atomic mass is 35.5. The summed E-state index contributed by atoms with van der Waals surface area (Å²) < 4.78 is 24.3. The van der Waals surface area contributed by atoms with E-state index in [0.29, 0.717) is 22.7 Å². The number of hydrogen-bond donors (Lipinski definition) is 1. The zero-order chi connectivity index (χ0) is 23.7. The Morgan fingerprint density at radius 2 is 1.64 bits per heavy atom. The van der Waals surface area contributed by atoms with E-state index in [0.717, 1.165) is 16.5 Å². The molecule has 0 saturated heterocycles. The van der Waals surface area contributed by atoms with Gasteiger partial charge in [0.05, 0.1) is 36.2 Å². The van der Waals surface area contributed by atoms with Crippen LogP contribution in [0.5, 0.6) is 11.5 Å². The Balaban J connectivity index is 1.84. The van der Waals surface area contributed by atoms with Gasteiger partial charge in [0.1, 0.15) is 23.0 Å². The van der Waals surface area contributed by atoms with Gasteiger partial charge in [-0.05, 0) is 42.8 Å². The first-order valence-corrected chi connectivity index (χ1v) is 10.4. The SMILES string of the molecule is COc1ccc(NC2=C(c3ccc(C)cc3)C(=O)N(c3ccc(F)c(Cl)c3)C2=O)c(OC)c1. The number of carbonyl (C=O) groups excluding carboxylic acids is 2. The van der Waals surface area contributed by atoms with Gasteiger partial charge in [0, 0.05) is 6.07 Å². The molecule has 0 radical (unpaired) electrons. The predicted molar refractivity (Wildman–Crippen MR) is 125 cm³/mol. The van der Waals surface area contributed by atoms with Crippen LogP contribution in [0.15, 0.2) is 66.4 Å². The number of nitrogens with zero attached hydrogens (tertiary/aromatic N) is 1. The predicted octanol–water partition coefficient (Wildman–Crippen LogP) is 5.20. The molecule has 1 heterocycles. The summed E-state index contributed by atoms with van der Waals surface area (Å²) in [5.41, 5.74) is 2.44. The highest BCUT2D eigenvalue weighted by Gasteiger charge is 2.40. The summed E-state index contributed by atoms with van der Waals surface area (Å²) >= 11 is 5.91. The average molecular weight is 467 g/mol. The number of benzene rings is 3. The van der Waals surface area contributed by atoms with Gasteiger partial charge in [-0.2, -0.15) is 0 Å². The van der Waals surface area contributed by atoms with Crippen LogP contribution in [0.1, 0.15) is 11.1 Å². The fourth-order valence-electron chi connectivity index (χ4n) is 3.53. The van der Waals surface area contributed by atoms with Crippen LogP contribution in [0, 0.1) is 12.7 Å². The van der Waals surface area contributed by atoms with Crippen molar-refractivity contribution in [3.63, 3.8) is 0 Å². The third-order valence-electron chi connectivity index (χ3n) is 5.25. The molecule has 0 unspecified atom stereocenters. The van der Waals surface area contributed by atoms with E-state index in [2.05, 4.69) is 5.32 Å². The van der Waals surface area contributed by atoms with E-state index in [1.54, 1.807) is 30.3 Å². The van der Waals surface area contributed by atoms with Crippen molar-refractivity contribution in [3.05, 3.63) is 88.3 Å². The van der Waals surface area contributed by atoms with Crippen molar-refractivity contribution >= 4 is 40.4 Å². The number of rotatable bonds is 6. The molecule has 1 aliphatic heterocycles. The topological polar surface area (TPSA) is 67.9 Å². The van der Waals surface area contributed by atoms with Crippen LogP contribution in [-0.4, -0.2) is 26.0 Å². The second kappa shape index (κ2) is 8.96. The van der Waals surface area contributed by atoms with Crippen molar-refractivity contribution in [1.82, 2.24) is 0 Å². The number of aryl methyl sites for hydroxylation is 1. The second-order valence-corrected chi connectivity index (χ2v) is 7.76. The summed E-state index contributed by atoms with van der Waals surface area (Å²) in [7, 11) is 3.02. The van der Waals surface area contributed by atoms with E-state index in [1.165, 1.54) is 26.4 Å². The number of halogens is 2. The van der Waals surface area contributed by atoms with Crippen LogP contribution in [-0.2, 0) is 9.59 Å². The van der Waals surface area contributed by atoms with Crippen molar-refractivity contribution < 1.29 is 23.5 Å². The van der Waals surface area contributed by atoms with Crippen LogP contribution in [0.3, 0.4) is 0 Å². The number of methoxy groups -OCH3 is 2. The molecule has 2 amide bonds. The zero-order valence-electron chi connectivity index (χ0n) is 18.1. The molecule has 4 rings (SSSR count). The first-order chi connectivity index (χ1) is 15.8. The van der Waals surface area contributed by atoms with Crippen molar-refractivity contribution in [2.24, 2.45) is 0 Å². The van der Waals surface area contributed by atoms with E-state index in [1.807, 2.05) is 19.1 Å². The fourth-order valence-corrected chi connectivity index (χ4v) is 3.70. The number of ether oxygens (including phenoxy) is 2. The molecule has 168 valence electrons. The first-order valence-electron chi connectivity index (χ1n) is 9.98. The number of anilines is 2. The van der Waals surface area contributed by atoms with Crippen LogP contribution in [0.4, 0.5) is 15.8 Å². The van der Waals surface area contributed by atoms with Crippen LogP contribution in [0.2, 0.25) is 5.02 Å². The molecule has 0 aliphatic carbocycles. The molecule has 1 N–H and O–H groups in total. The van der Waals surface area contributed by atoms with Crippen LogP contribution < -0.4 is 19.7 Å². The van der Waals surface area contributed by atoms with Crippen molar-refractivity contribution in [2.45, 2.75) is 6.92 Å². The van der Waals surface area contributed by atoms with E-state index >= 15 is 0 Å². The van der Waals surface area contributed by atoms with Gasteiger partial charge in [0.25, 0.3) is 11.8 Å². The van der Waals surface area contributed by atoms with Gasteiger partial charge >= 0.3 is 0 Å². The molecule has 0 saturated carbocycles. The molecule has 6 nitrogen and oxygen atoms in total. The Morgan fingerprint density at radius 1 is 0.909 bits per heavy atom. The fraction of sp³-hybridized carbons (Fsp3) is 0.120. The van der Waals surface area contributed by atoms with Crippen molar-refractivity contribution in [2.75, 3.05) is 24.4 Å². The maximum absolute atomic E-state index is 13.7. The molecule has 1 aliphatic rings. The molecule has 0 atom stereocenters. The van der Waals surface area contributed by atoms with E-state index in [9.17, 15) is 14.0 Å². The molecule has 3 aromatic carbocycles. The minimum Gasteiger partial charge on any atom is -0.497 e. The Kier molecular flexibility index (Phi) is 6.07. The molecular formula is C25H20ClFN2O4. The summed E-state index contributed by atoms with van der Waals surface area (Å²) in [5.74, 6) is -0.805. The van der Waals surface area contributed by atoms with Gasteiger partial charge in [0.2, 0.25) is 0 Å². The average Bonchev–Trinajstić information content (AvgIpc) is 3.06. The molecule has 33 heavy (non-hydrogen) atoms. The minimum absolute atomic E-state index is 0.0627. The first kappa shape index (κ1) is 22.4. The van der Waals surface area contributed by atoms with Crippen LogP contribution in [0.25, 0.3) is 5.57 Å². The van der Waals surface area contributed by atoms with E-state index in [-0.39, 0.29) is 22.0 Å². The molecule has 3 aromatic rings. The third kappa shape index (κ3) is 4.15. The number of amides is 2. The normalized spacial score (nSPS) is 13.5. The standard InChI is InChI=1S/C25H20ClFN2O4/c1-14-4-6-15(7-5-14)22-23(28-20-11-9-17(32-2)13-21(20)33-3)25(31)29(24(22)30)16-8-10-19(27)18(26)12-16/h4-13,28H,1-3H3. The van der Waals surface area contributed by atoms with E-state index in [4.69, 9.17) is 21.1 Å². The summed E-state index contributed by atoms with van der Waals surface area (Å²) in [5, 5.41) is 2.87. The lowest BCUT2D eigenvalue weighted by Crippen LogP contribution is -2.32. The van der Waals surface area contributed by atoms with Gasteiger partial charge in [-0.25, -0.2) is 9.29 Å². The Bertz CT molecular complexity index is 1290. The van der Waals surface area contributed by atoms with Crippen molar-refractivity contribution in [1.29, 1.82) is 0 Å². The molecule has 8 heteroatoms. The highest BCUT2D eigenvalue weighted by Crippen LogP contribution is 2.37. The number of imide groups is 1. The van der Waals surface area contributed by atoms with Crippen molar-refractivity contribution in [3.8, 4) is 11.5 Å². The quantitative estimate of drug-likeness (QED) is 0.506. The lowest BCUT2D eigenvalue weighted by atomic mass is 10.0. The lowest BCUT2D eigenvalue weighted by molar-refractivity contribution is -0.120. The molecule has 0 bridgehead atoms. The Hall–Kier alpha value is -3.84. The third-order valence-corrected chi connectivity index (χ3v) is 5.54. The largest absolute Gasteiger partial charge is 0.497 e. The second-order valence-electron chi connectivity index (χ2n) is 7.35. The van der Waals surface area contributed by atoms with E-state index < -0.39 is 17.6 Å².